The zero-order valence-corrected chi connectivity index (χ0v) is 21.6. The second-order valence-electron chi connectivity index (χ2n) is 9.33. The quantitative estimate of drug-likeness (QED) is 0.143. The van der Waals surface area contributed by atoms with E-state index in [0.29, 0.717) is 11.1 Å². The lowest BCUT2D eigenvalue weighted by Crippen LogP contribution is -2.57. The van der Waals surface area contributed by atoms with Gasteiger partial charge in [0.25, 0.3) is 0 Å². The summed E-state index contributed by atoms with van der Waals surface area (Å²) in [6, 6.07) is 8.01. The average molecular weight is 554 g/mol. The Morgan fingerprint density at radius 3 is 2.15 bits per heavy atom. The number of aromatic amines is 1. The number of fused-ring (bicyclic) bond motifs is 1. The smallest absolute Gasteiger partial charge is 0.326 e. The molecule has 1 heterocycles. The predicted molar refractivity (Wildman–Crippen MR) is 143 cm³/mol. The number of aromatic nitrogens is 1. The molecule has 9 N–H and O–H groups in total. The van der Waals surface area contributed by atoms with Gasteiger partial charge in [0.1, 0.15) is 23.9 Å². The van der Waals surface area contributed by atoms with Crippen molar-refractivity contribution in [3.63, 3.8) is 0 Å². The van der Waals surface area contributed by atoms with Crippen molar-refractivity contribution in [1.82, 2.24) is 20.9 Å². The third-order valence-electron chi connectivity index (χ3n) is 6.21. The summed E-state index contributed by atoms with van der Waals surface area (Å²) in [4.78, 5) is 64.4. The molecule has 4 unspecified atom stereocenters. The van der Waals surface area contributed by atoms with E-state index in [-0.39, 0.29) is 18.6 Å². The zero-order valence-electron chi connectivity index (χ0n) is 21.6. The molecule has 0 saturated carbocycles. The Morgan fingerprint density at radius 1 is 0.850 bits per heavy atom. The molecular weight excluding hydrogens is 522 g/mol. The average Bonchev–Trinajstić information content (AvgIpc) is 3.31. The fourth-order valence-electron chi connectivity index (χ4n) is 4.03. The molecule has 0 bridgehead atoms. The summed E-state index contributed by atoms with van der Waals surface area (Å²) in [6.07, 6.45) is 0.955. The van der Waals surface area contributed by atoms with Crippen LogP contribution in [0.4, 0.5) is 0 Å². The molecule has 3 aromatic rings. The second-order valence-corrected chi connectivity index (χ2v) is 9.33. The third-order valence-corrected chi connectivity index (χ3v) is 6.21. The number of aliphatic carboxylic acids is 2. The molecule has 0 aliphatic rings. The molecule has 13 nitrogen and oxygen atoms in total. The van der Waals surface area contributed by atoms with E-state index in [1.54, 1.807) is 6.20 Å². The van der Waals surface area contributed by atoms with Crippen molar-refractivity contribution >= 4 is 40.6 Å². The van der Waals surface area contributed by atoms with Crippen LogP contribution in [0.3, 0.4) is 0 Å². The van der Waals surface area contributed by atoms with E-state index in [0.717, 1.165) is 10.9 Å². The van der Waals surface area contributed by atoms with Crippen LogP contribution < -0.4 is 21.7 Å². The maximum absolute atomic E-state index is 13.4. The number of phenols is 1. The third kappa shape index (κ3) is 8.04. The summed E-state index contributed by atoms with van der Waals surface area (Å²) in [5.74, 6) is -4.97. The minimum atomic E-state index is -1.38. The molecule has 0 aliphatic heterocycles. The van der Waals surface area contributed by atoms with E-state index in [9.17, 15) is 34.2 Å². The molecule has 13 heteroatoms. The Bertz CT molecular complexity index is 1390. The number of H-pyrrole nitrogens is 1. The number of para-hydroxylation sites is 1. The van der Waals surface area contributed by atoms with E-state index >= 15 is 0 Å². The number of nitrogens with two attached hydrogens (primary N) is 1. The lowest BCUT2D eigenvalue weighted by molar-refractivity contribution is -0.142. The molecule has 212 valence electrons. The normalized spacial score (nSPS) is 13.9. The monoisotopic (exact) mass is 553 g/mol. The van der Waals surface area contributed by atoms with Crippen molar-refractivity contribution in [2.75, 3.05) is 0 Å². The van der Waals surface area contributed by atoms with Crippen LogP contribution in [-0.4, -0.2) is 74.1 Å². The van der Waals surface area contributed by atoms with Gasteiger partial charge in [0.05, 0.1) is 12.5 Å². The van der Waals surface area contributed by atoms with E-state index in [2.05, 4.69) is 20.9 Å². The first kappa shape index (κ1) is 29.6. The lowest BCUT2D eigenvalue weighted by Gasteiger charge is -2.24. The molecule has 1 aromatic heterocycles. The maximum atomic E-state index is 13.4. The van der Waals surface area contributed by atoms with Gasteiger partial charge < -0.3 is 42.0 Å². The van der Waals surface area contributed by atoms with Gasteiger partial charge in [-0.3, -0.25) is 19.2 Å². The number of carboxylic acids is 2. The van der Waals surface area contributed by atoms with Gasteiger partial charge in [0.2, 0.25) is 17.7 Å². The Hall–Kier alpha value is -4.91. The van der Waals surface area contributed by atoms with Crippen molar-refractivity contribution in [3.05, 3.63) is 65.9 Å². The van der Waals surface area contributed by atoms with Crippen molar-refractivity contribution in [2.45, 2.75) is 50.4 Å². The van der Waals surface area contributed by atoms with E-state index in [1.807, 2.05) is 24.3 Å². The molecule has 2 aromatic carbocycles. The molecule has 0 spiro atoms. The number of carbonyl (C=O) groups excluding carboxylic acids is 3. The van der Waals surface area contributed by atoms with Gasteiger partial charge in [-0.15, -0.1) is 0 Å². The molecule has 0 saturated heterocycles. The molecule has 40 heavy (non-hydrogen) atoms. The first-order valence-electron chi connectivity index (χ1n) is 12.4. The molecular formula is C27H31N5O8. The Balaban J connectivity index is 1.79. The van der Waals surface area contributed by atoms with Gasteiger partial charge in [-0.05, 0) is 36.2 Å². The first-order chi connectivity index (χ1) is 18.9. The van der Waals surface area contributed by atoms with Crippen LogP contribution >= 0.6 is 0 Å². The lowest BCUT2D eigenvalue weighted by atomic mass is 10.0. The minimum Gasteiger partial charge on any atom is -0.508 e. The Labute approximate surface area is 228 Å². The maximum Gasteiger partial charge on any atom is 0.326 e. The highest BCUT2D eigenvalue weighted by Crippen LogP contribution is 2.19. The van der Waals surface area contributed by atoms with Gasteiger partial charge in [0, 0.05) is 29.9 Å². The number of benzene rings is 2. The number of hydrogen-bond acceptors (Lipinski definition) is 7. The summed E-state index contributed by atoms with van der Waals surface area (Å²) < 4.78 is 0. The Kier molecular flexibility index (Phi) is 9.81. The number of hydrogen-bond donors (Lipinski definition) is 8. The highest BCUT2D eigenvalue weighted by molar-refractivity contribution is 5.95. The number of phenolic OH excluding ortho intramolecular Hbond substituents is 1. The van der Waals surface area contributed by atoms with Crippen LogP contribution in [0.2, 0.25) is 0 Å². The SMILES string of the molecule is CC(NC(=O)C(N)CC(=O)O)C(=O)NC(Cc1c[nH]c2ccccc12)C(=O)NC(Cc1ccc(O)cc1)C(=O)O. The Morgan fingerprint density at radius 2 is 1.50 bits per heavy atom. The van der Waals surface area contributed by atoms with Crippen LogP contribution in [0.25, 0.3) is 10.9 Å². The molecule has 3 amide bonds. The van der Waals surface area contributed by atoms with Crippen LogP contribution in [0, 0.1) is 0 Å². The fourth-order valence-corrected chi connectivity index (χ4v) is 4.03. The molecule has 0 fully saturated rings. The van der Waals surface area contributed by atoms with Gasteiger partial charge in [-0.25, -0.2) is 4.79 Å². The molecule has 0 aliphatic carbocycles. The minimum absolute atomic E-state index is 0.00583. The summed E-state index contributed by atoms with van der Waals surface area (Å²) in [5, 5.41) is 36.2. The highest BCUT2D eigenvalue weighted by atomic mass is 16.4. The fraction of sp³-hybridized carbons (Fsp3) is 0.296. The van der Waals surface area contributed by atoms with Crippen LogP contribution in [0.15, 0.2) is 54.7 Å². The molecule has 4 atom stereocenters. The zero-order chi connectivity index (χ0) is 29.4. The first-order valence-corrected chi connectivity index (χ1v) is 12.4. The van der Waals surface area contributed by atoms with Crippen LogP contribution in [0.5, 0.6) is 5.75 Å². The van der Waals surface area contributed by atoms with Crippen LogP contribution in [-0.2, 0) is 36.8 Å². The van der Waals surface area contributed by atoms with Crippen molar-refractivity contribution < 1.29 is 39.3 Å². The van der Waals surface area contributed by atoms with Gasteiger partial charge >= 0.3 is 11.9 Å². The molecule has 3 rings (SSSR count). The van der Waals surface area contributed by atoms with Crippen molar-refractivity contribution in [3.8, 4) is 5.75 Å². The van der Waals surface area contributed by atoms with E-state index in [1.165, 1.54) is 31.2 Å². The predicted octanol–water partition coefficient (Wildman–Crippen LogP) is 0.0196. The van der Waals surface area contributed by atoms with E-state index in [4.69, 9.17) is 10.8 Å². The van der Waals surface area contributed by atoms with Crippen molar-refractivity contribution in [2.24, 2.45) is 5.73 Å². The van der Waals surface area contributed by atoms with Gasteiger partial charge in [-0.1, -0.05) is 30.3 Å². The number of carboxylic acid groups (broad SMARTS) is 2. The standard InChI is InChI=1S/C27H31N5O8/c1-14(30-25(37)19(28)12-23(34)35)24(36)31-21(11-16-13-29-20-5-3-2-4-18(16)20)26(38)32-22(27(39)40)10-15-6-8-17(33)9-7-15/h2-9,13-14,19,21-22,29,33H,10-12,28H2,1H3,(H,30,37)(H,31,36)(H,32,38)(H,34,35)(H,39,40). The number of nitrogens with one attached hydrogen (secondary N) is 4. The summed E-state index contributed by atoms with van der Waals surface area (Å²) in [5.41, 5.74) is 7.58. The van der Waals surface area contributed by atoms with Crippen molar-refractivity contribution in [1.29, 1.82) is 0 Å². The number of carbonyl (C=O) groups is 5. The van der Waals surface area contributed by atoms with Crippen LogP contribution in [0.1, 0.15) is 24.5 Å². The number of amides is 3. The number of rotatable bonds is 13. The summed E-state index contributed by atoms with van der Waals surface area (Å²) in [7, 11) is 0. The topological polar surface area (TPSA) is 224 Å². The highest BCUT2D eigenvalue weighted by Gasteiger charge is 2.30. The summed E-state index contributed by atoms with van der Waals surface area (Å²) in [6.45, 7) is 1.34. The van der Waals surface area contributed by atoms with Gasteiger partial charge in [-0.2, -0.15) is 0 Å². The second kappa shape index (κ2) is 13.2. The summed E-state index contributed by atoms with van der Waals surface area (Å²) >= 11 is 0. The van der Waals surface area contributed by atoms with E-state index < -0.39 is 60.2 Å². The molecule has 0 radical (unpaired) electrons. The van der Waals surface area contributed by atoms with Gasteiger partial charge in [0.15, 0.2) is 0 Å². The number of aromatic hydroxyl groups is 1. The largest absolute Gasteiger partial charge is 0.508 e.